The zero-order valence-corrected chi connectivity index (χ0v) is 75.5. The summed E-state index contributed by atoms with van der Waals surface area (Å²) in [5.41, 5.74) is 20.5. The summed E-state index contributed by atoms with van der Waals surface area (Å²) < 4.78 is 41.5. The minimum Gasteiger partial charge on any atom is -0.309 e. The van der Waals surface area contributed by atoms with Gasteiger partial charge in [0.25, 0.3) is 0 Å². The Labute approximate surface area is 783 Å². The van der Waals surface area contributed by atoms with E-state index in [0.717, 1.165) is 170 Å². The highest BCUT2D eigenvalue weighted by molar-refractivity contribution is 7.85. The van der Waals surface area contributed by atoms with Gasteiger partial charge in [-0.25, -0.2) is 29.9 Å². The van der Waals surface area contributed by atoms with Crippen molar-refractivity contribution in [3.8, 4) is 102 Å². The maximum Gasteiger partial charge on any atom is 0.171 e. The molecule has 0 fully saturated rings. The highest BCUT2D eigenvalue weighted by Gasteiger charge is 2.34. The van der Waals surface area contributed by atoms with E-state index in [2.05, 4.69) is 285 Å². The van der Waals surface area contributed by atoms with E-state index < -0.39 is 14.3 Å². The van der Waals surface area contributed by atoms with Gasteiger partial charge < -0.3 is 13.7 Å². The van der Waals surface area contributed by atoms with Crippen LogP contribution in [0, 0.1) is 0 Å². The van der Waals surface area contributed by atoms with Crippen molar-refractivity contribution in [2.24, 2.45) is 0 Å². The molecule has 0 bridgehead atoms. The Morgan fingerprint density at radius 3 is 0.807 bits per heavy atom. The molecule has 0 aliphatic carbocycles. The minimum atomic E-state index is -3.12. The van der Waals surface area contributed by atoms with Crippen molar-refractivity contribution >= 4 is 133 Å². The van der Waals surface area contributed by atoms with Crippen LogP contribution >= 0.6 is 25.6 Å². The third-order valence-electron chi connectivity index (χ3n) is 24.9. The number of nitrogens with zero attached hydrogens (tertiary/aromatic N) is 10. The Balaban J connectivity index is 0.000000115. The highest BCUT2D eigenvalue weighted by Crippen LogP contribution is 2.48. The lowest BCUT2D eigenvalue weighted by Crippen LogP contribution is -2.25. The number of benzene rings is 19. The summed E-state index contributed by atoms with van der Waals surface area (Å²) in [6, 6.07) is 169. The first-order valence-corrected chi connectivity index (χ1v) is 49.1. The number of para-hydroxylation sites is 11. The summed E-state index contributed by atoms with van der Waals surface area (Å²) in [5, 5.41) is 9.39. The summed E-state index contributed by atoms with van der Waals surface area (Å²) in [4.78, 5) is 30.6. The van der Waals surface area contributed by atoms with Crippen LogP contribution in [0.4, 0.5) is 0 Å². The molecule has 0 aliphatic rings. The van der Waals surface area contributed by atoms with Crippen LogP contribution in [-0.2, 0) is 9.13 Å². The van der Waals surface area contributed by atoms with Gasteiger partial charge in [0.15, 0.2) is 31.8 Å². The van der Waals surface area contributed by atoms with Crippen molar-refractivity contribution in [1.82, 2.24) is 48.2 Å². The van der Waals surface area contributed by atoms with Gasteiger partial charge in [0.2, 0.25) is 0 Å². The van der Waals surface area contributed by atoms with Crippen LogP contribution in [0.15, 0.2) is 497 Å². The second-order valence-electron chi connectivity index (χ2n) is 33.1. The van der Waals surface area contributed by atoms with Crippen LogP contribution in [0.1, 0.15) is 0 Å². The predicted molar refractivity (Wildman–Crippen MR) is 561 cm³/mol. The van der Waals surface area contributed by atoms with Crippen molar-refractivity contribution < 1.29 is 9.13 Å². The van der Waals surface area contributed by atoms with Crippen LogP contribution in [0.5, 0.6) is 0 Å². The van der Waals surface area contributed by atoms with Crippen LogP contribution < -0.4 is 31.8 Å². The van der Waals surface area contributed by atoms with Gasteiger partial charge in [-0.05, 0) is 169 Å². The number of hydrogen-bond acceptors (Lipinski definition) is 9. The van der Waals surface area contributed by atoms with Gasteiger partial charge in [0, 0.05) is 119 Å². The number of rotatable bonds is 17. The lowest BCUT2D eigenvalue weighted by Gasteiger charge is -2.20. The minimum absolute atomic E-state index is 0.646. The number of thiophene rings is 1. The normalized spacial score (nSPS) is 11.6. The molecule has 0 radical (unpaired) electrons. The van der Waals surface area contributed by atoms with Gasteiger partial charge in [-0.3, -0.25) is 13.7 Å². The summed E-state index contributed by atoms with van der Waals surface area (Å²) >= 11 is 1.70. The second-order valence-corrected chi connectivity index (χ2v) is 39.8. The fourth-order valence-electron chi connectivity index (χ4n) is 18.6. The molecular formula is C120H82N10O2P2S. The van der Waals surface area contributed by atoms with Gasteiger partial charge in [-0.2, -0.15) is 0 Å². The van der Waals surface area contributed by atoms with Crippen molar-refractivity contribution in [1.29, 1.82) is 0 Å². The van der Waals surface area contributed by atoms with E-state index >= 15 is 9.13 Å². The van der Waals surface area contributed by atoms with Crippen molar-refractivity contribution in [3.05, 3.63) is 497 Å². The average molecular weight is 1790 g/mol. The van der Waals surface area contributed by atoms with E-state index in [1.54, 1.807) is 11.3 Å². The van der Waals surface area contributed by atoms with E-state index in [-0.39, 0.29) is 0 Å². The molecular weight excluding hydrogens is 1710 g/mol. The largest absolute Gasteiger partial charge is 0.309 e. The molecule has 15 heteroatoms. The van der Waals surface area contributed by atoms with Crippen LogP contribution in [0.3, 0.4) is 0 Å². The third-order valence-corrected chi connectivity index (χ3v) is 32.2. The molecule has 0 aliphatic heterocycles. The fourth-order valence-corrected chi connectivity index (χ4v) is 25.0. The zero-order chi connectivity index (χ0) is 90.2. The lowest BCUT2D eigenvalue weighted by molar-refractivity contribution is 0.591. The van der Waals surface area contributed by atoms with E-state index in [4.69, 9.17) is 29.9 Å². The predicted octanol–water partition coefficient (Wildman–Crippen LogP) is 27.7. The zero-order valence-electron chi connectivity index (χ0n) is 72.9. The highest BCUT2D eigenvalue weighted by atomic mass is 32.1. The number of imidazole rings is 3. The lowest BCUT2D eigenvalue weighted by atomic mass is 10.0. The van der Waals surface area contributed by atoms with Gasteiger partial charge >= 0.3 is 0 Å². The Kier molecular flexibility index (Phi) is 21.8. The Morgan fingerprint density at radius 1 is 0.178 bits per heavy atom. The Morgan fingerprint density at radius 2 is 0.444 bits per heavy atom. The number of aromatic nitrogens is 10. The fraction of sp³-hybridized carbons (Fsp3) is 0. The second kappa shape index (κ2) is 35.7. The number of fused-ring (bicyclic) bond motifs is 9. The third kappa shape index (κ3) is 15.5. The molecule has 0 atom stereocenters. The van der Waals surface area contributed by atoms with Crippen LogP contribution in [-0.4, -0.2) is 48.2 Å². The summed E-state index contributed by atoms with van der Waals surface area (Å²) in [6.45, 7) is 0. The monoisotopic (exact) mass is 1790 g/mol. The van der Waals surface area contributed by atoms with Crippen molar-refractivity contribution in [2.75, 3.05) is 0 Å². The van der Waals surface area contributed by atoms with Gasteiger partial charge in [-0.1, -0.05) is 340 Å². The molecule has 25 aromatic rings. The maximum atomic E-state index is 15.1. The molecule has 6 aromatic heterocycles. The Hall–Kier alpha value is -16.9. The average Bonchev–Trinajstić information content (AvgIpc) is 1.68. The first-order valence-electron chi connectivity index (χ1n) is 44.9. The molecule has 19 aromatic carbocycles. The molecule has 0 unspecified atom stereocenters. The maximum absolute atomic E-state index is 15.1. The molecule has 0 amide bonds. The molecule has 0 spiro atoms. The molecule has 0 saturated carbocycles. The topological polar surface area (TPSA) is 131 Å². The van der Waals surface area contributed by atoms with Crippen LogP contribution in [0.25, 0.3) is 177 Å². The van der Waals surface area contributed by atoms with Crippen molar-refractivity contribution in [2.45, 2.75) is 0 Å². The summed E-state index contributed by atoms with van der Waals surface area (Å²) in [6.07, 6.45) is 0. The summed E-state index contributed by atoms with van der Waals surface area (Å²) in [5.74, 6) is 4.49. The van der Waals surface area contributed by atoms with E-state index in [1.165, 1.54) is 21.8 Å². The van der Waals surface area contributed by atoms with E-state index in [9.17, 15) is 0 Å². The van der Waals surface area contributed by atoms with E-state index in [1.807, 2.05) is 231 Å². The SMILES string of the molecule is O=P(c1ccccc1)(c1ccccc1)c1ccc2sc3ccc(P(=O)(c4ccccc4)c4ccccc4)cc3c2c1.c1ccc(-c2nc(-c3ccccc3)nc(-c3cccc(-c4cccc(-n5c6ccccc6c6ccccc65)c4)c3)n2)cc1.c1ccc(-n2c(-c3cc(-c4nc5ccccc5n4-c4ccccc4)cc(-c4nc5ccccc5n4-c4ccccc4)c3)nc3ccccc32)cc1. The van der Waals surface area contributed by atoms with E-state index in [0.29, 0.717) is 17.5 Å². The van der Waals surface area contributed by atoms with Gasteiger partial charge in [0.1, 0.15) is 17.5 Å². The first kappa shape index (κ1) is 82.5. The molecule has 6 heterocycles. The smallest absolute Gasteiger partial charge is 0.171 e. The standard InChI is InChI=1S/C45H30N6.C39H26N4.C36H26O2P2S/c1-4-16-34(17-5-1)49-40-25-13-10-22-37(40)46-43(49)31-28-32(44-47-38-23-11-14-26-41(38)50(44)35-18-6-2-7-19-35)30-33(29-31)45-48-39-24-12-15-27-42(39)51(45)36-20-8-3-9-21-36;1-3-13-27(14-4-1)37-40-38(28-15-5-2-6-16-28)42-39(41-37)31-19-11-17-29(25-31)30-18-12-20-32(26-30)43-35-23-9-7-21-33(35)34-22-8-10-24-36(34)43;37-39(27-13-5-1-6-14-27,28-15-7-2-8-16-28)31-21-23-35-33(25-31)34-26-32(22-24-36(34)41-35)40(38,29-17-9-3-10-18-29)30-19-11-4-12-20-30/h1-30H;1-26H;1-26H. The quantitative estimate of drug-likeness (QED) is 0.0824. The molecule has 640 valence electrons. The molecule has 25 rings (SSSR count). The summed E-state index contributed by atoms with van der Waals surface area (Å²) in [7, 11) is -6.25. The van der Waals surface area contributed by atoms with Crippen molar-refractivity contribution in [3.63, 3.8) is 0 Å². The first-order chi connectivity index (χ1) is 66.7. The molecule has 135 heavy (non-hydrogen) atoms. The molecule has 12 nitrogen and oxygen atoms in total. The number of hydrogen-bond donors (Lipinski definition) is 0. The van der Waals surface area contributed by atoms with Gasteiger partial charge in [0.05, 0.1) is 44.1 Å². The Bertz CT molecular complexity index is 8130. The van der Waals surface area contributed by atoms with Crippen LogP contribution in [0.2, 0.25) is 0 Å². The molecule has 0 N–H and O–H groups in total. The molecule has 0 saturated heterocycles. The van der Waals surface area contributed by atoms with Gasteiger partial charge in [-0.15, -0.1) is 11.3 Å².